The Hall–Kier alpha value is -0.750. The molecule has 0 aromatic rings. The number of thioether (sulfide) groups is 1. The van der Waals surface area contributed by atoms with Crippen LogP contribution < -0.4 is 5.73 Å². The van der Waals surface area contributed by atoms with Crippen molar-refractivity contribution in [2.24, 2.45) is 5.73 Å². The van der Waals surface area contributed by atoms with Crippen molar-refractivity contribution >= 4 is 23.6 Å². The lowest BCUT2D eigenvalue weighted by atomic mass is 10.3. The average molecular weight is 232 g/mol. The zero-order chi connectivity index (χ0) is 11.3. The van der Waals surface area contributed by atoms with Gasteiger partial charge < -0.3 is 15.7 Å². The van der Waals surface area contributed by atoms with Crippen LogP contribution in [0.15, 0.2) is 0 Å². The molecule has 0 aliphatic carbocycles. The number of nitrogens with zero attached hydrogens (tertiary/aromatic N) is 1. The first-order valence-electron chi connectivity index (χ1n) is 4.91. The maximum Gasteiger partial charge on any atom is 0.227 e. The van der Waals surface area contributed by atoms with Crippen LogP contribution in [-0.2, 0) is 9.59 Å². The first-order valence-corrected chi connectivity index (χ1v) is 6.07. The van der Waals surface area contributed by atoms with Crippen LogP contribution in [-0.4, -0.2) is 52.5 Å². The maximum atomic E-state index is 11.5. The Labute approximate surface area is 93.0 Å². The fourth-order valence-corrected chi connectivity index (χ4v) is 2.12. The normalized spacial score (nSPS) is 20.6. The van der Waals surface area contributed by atoms with E-state index in [9.17, 15) is 14.7 Å². The summed E-state index contributed by atoms with van der Waals surface area (Å²) in [6.45, 7) is 1.08. The molecular formula is C9H16N2O3S. The molecule has 1 saturated heterocycles. The summed E-state index contributed by atoms with van der Waals surface area (Å²) in [4.78, 5) is 23.6. The number of hydrogen-bond donors (Lipinski definition) is 2. The van der Waals surface area contributed by atoms with E-state index < -0.39 is 0 Å². The zero-order valence-corrected chi connectivity index (χ0v) is 9.33. The Morgan fingerprint density at radius 1 is 1.53 bits per heavy atom. The predicted molar refractivity (Wildman–Crippen MR) is 58.3 cm³/mol. The van der Waals surface area contributed by atoms with Gasteiger partial charge in [0.2, 0.25) is 11.8 Å². The second kappa shape index (κ2) is 5.97. The molecule has 0 aromatic heterocycles. The largest absolute Gasteiger partial charge is 0.391 e. The third kappa shape index (κ3) is 4.53. The lowest BCUT2D eigenvalue weighted by Gasteiger charge is -2.14. The Balaban J connectivity index is 2.11. The van der Waals surface area contributed by atoms with Gasteiger partial charge in [-0.25, -0.2) is 0 Å². The zero-order valence-electron chi connectivity index (χ0n) is 8.52. The lowest BCUT2D eigenvalue weighted by molar-refractivity contribution is -0.130. The fraction of sp³-hybridized carbons (Fsp3) is 0.778. The SMILES string of the molecule is NC(=O)CSCCC(=O)N1CCC(O)C1. The van der Waals surface area contributed by atoms with Gasteiger partial charge in [-0.1, -0.05) is 0 Å². The van der Waals surface area contributed by atoms with Crippen LogP contribution in [0.3, 0.4) is 0 Å². The van der Waals surface area contributed by atoms with E-state index in [1.54, 1.807) is 4.90 Å². The average Bonchev–Trinajstić information content (AvgIpc) is 2.59. The molecule has 1 unspecified atom stereocenters. The quantitative estimate of drug-likeness (QED) is 0.607. The van der Waals surface area contributed by atoms with E-state index in [0.29, 0.717) is 31.7 Å². The molecule has 1 aliphatic rings. The summed E-state index contributed by atoms with van der Waals surface area (Å²) in [7, 11) is 0. The molecule has 1 atom stereocenters. The number of hydrogen-bond acceptors (Lipinski definition) is 4. The second-order valence-electron chi connectivity index (χ2n) is 3.55. The van der Waals surface area contributed by atoms with E-state index in [-0.39, 0.29) is 23.7 Å². The number of aliphatic hydroxyl groups excluding tert-OH is 1. The van der Waals surface area contributed by atoms with Crippen LogP contribution in [0.5, 0.6) is 0 Å². The molecule has 86 valence electrons. The number of nitrogens with two attached hydrogens (primary N) is 1. The minimum absolute atomic E-state index is 0.0449. The minimum atomic E-state index is -0.368. The smallest absolute Gasteiger partial charge is 0.227 e. The highest BCUT2D eigenvalue weighted by molar-refractivity contribution is 7.99. The molecule has 0 saturated carbocycles. The molecule has 1 aliphatic heterocycles. The number of aliphatic hydroxyl groups is 1. The highest BCUT2D eigenvalue weighted by Crippen LogP contribution is 2.11. The van der Waals surface area contributed by atoms with Gasteiger partial charge in [-0.15, -0.1) is 0 Å². The van der Waals surface area contributed by atoms with Crippen LogP contribution in [0.1, 0.15) is 12.8 Å². The van der Waals surface area contributed by atoms with Gasteiger partial charge in [-0.05, 0) is 6.42 Å². The number of rotatable bonds is 5. The monoisotopic (exact) mass is 232 g/mol. The van der Waals surface area contributed by atoms with Gasteiger partial charge >= 0.3 is 0 Å². The summed E-state index contributed by atoms with van der Waals surface area (Å²) in [6, 6.07) is 0. The number of amides is 2. The Kier molecular flexibility index (Phi) is 4.90. The van der Waals surface area contributed by atoms with Crippen molar-refractivity contribution in [2.75, 3.05) is 24.6 Å². The van der Waals surface area contributed by atoms with Crippen molar-refractivity contribution in [3.05, 3.63) is 0 Å². The molecule has 0 spiro atoms. The molecular weight excluding hydrogens is 216 g/mol. The molecule has 2 amide bonds. The van der Waals surface area contributed by atoms with Crippen LogP contribution in [0, 0.1) is 0 Å². The van der Waals surface area contributed by atoms with Gasteiger partial charge in [0, 0.05) is 25.3 Å². The number of primary amides is 1. The Bertz CT molecular complexity index is 248. The molecule has 6 heteroatoms. The summed E-state index contributed by atoms with van der Waals surface area (Å²) in [5.74, 6) is 0.553. The highest BCUT2D eigenvalue weighted by Gasteiger charge is 2.23. The first kappa shape index (κ1) is 12.3. The van der Waals surface area contributed by atoms with Crippen LogP contribution >= 0.6 is 11.8 Å². The lowest BCUT2D eigenvalue weighted by Crippen LogP contribution is -2.29. The maximum absolute atomic E-state index is 11.5. The summed E-state index contributed by atoms with van der Waals surface area (Å²) < 4.78 is 0. The molecule has 3 N–H and O–H groups in total. The van der Waals surface area contributed by atoms with Crippen LogP contribution in [0.4, 0.5) is 0 Å². The van der Waals surface area contributed by atoms with Crippen molar-refractivity contribution < 1.29 is 14.7 Å². The molecule has 5 nitrogen and oxygen atoms in total. The molecule has 0 radical (unpaired) electrons. The van der Waals surface area contributed by atoms with Crippen LogP contribution in [0.25, 0.3) is 0 Å². The molecule has 0 bridgehead atoms. The summed E-state index contributed by atoms with van der Waals surface area (Å²) in [5, 5.41) is 9.23. The molecule has 1 fully saturated rings. The van der Waals surface area contributed by atoms with Gasteiger partial charge in [-0.3, -0.25) is 9.59 Å². The van der Waals surface area contributed by atoms with Crippen LogP contribution in [0.2, 0.25) is 0 Å². The Morgan fingerprint density at radius 3 is 2.80 bits per heavy atom. The Morgan fingerprint density at radius 2 is 2.27 bits per heavy atom. The van der Waals surface area contributed by atoms with Gasteiger partial charge in [0.1, 0.15) is 0 Å². The fourth-order valence-electron chi connectivity index (χ4n) is 1.46. The van der Waals surface area contributed by atoms with Crippen molar-refractivity contribution in [1.82, 2.24) is 4.90 Å². The van der Waals surface area contributed by atoms with Crippen molar-refractivity contribution in [2.45, 2.75) is 18.9 Å². The third-order valence-electron chi connectivity index (χ3n) is 2.22. The first-order chi connectivity index (χ1) is 7.09. The number of likely N-dealkylation sites (tertiary alicyclic amines) is 1. The van der Waals surface area contributed by atoms with Gasteiger partial charge in [0.25, 0.3) is 0 Å². The van der Waals surface area contributed by atoms with E-state index in [2.05, 4.69) is 0 Å². The summed E-state index contributed by atoms with van der Waals surface area (Å²) in [5.41, 5.74) is 4.96. The number of carbonyl (C=O) groups is 2. The highest BCUT2D eigenvalue weighted by atomic mass is 32.2. The minimum Gasteiger partial charge on any atom is -0.391 e. The summed E-state index contributed by atoms with van der Waals surface area (Å²) >= 11 is 1.36. The second-order valence-corrected chi connectivity index (χ2v) is 4.66. The van der Waals surface area contributed by atoms with Crippen molar-refractivity contribution in [3.8, 4) is 0 Å². The summed E-state index contributed by atoms with van der Waals surface area (Å²) in [6.07, 6.45) is 0.706. The van der Waals surface area contributed by atoms with Gasteiger partial charge in [-0.2, -0.15) is 11.8 Å². The predicted octanol–water partition coefficient (Wildman–Crippen LogP) is -0.812. The standard InChI is InChI=1S/C9H16N2O3S/c10-8(13)6-15-4-2-9(14)11-3-1-7(12)5-11/h7,12H,1-6H2,(H2,10,13). The third-order valence-corrected chi connectivity index (χ3v) is 3.20. The van der Waals surface area contributed by atoms with E-state index >= 15 is 0 Å². The molecule has 15 heavy (non-hydrogen) atoms. The van der Waals surface area contributed by atoms with Gasteiger partial charge in [0.05, 0.1) is 11.9 Å². The number of carbonyl (C=O) groups excluding carboxylic acids is 2. The molecule has 0 aromatic carbocycles. The van der Waals surface area contributed by atoms with E-state index in [4.69, 9.17) is 5.73 Å². The van der Waals surface area contributed by atoms with Gasteiger partial charge in [0.15, 0.2) is 0 Å². The van der Waals surface area contributed by atoms with Crippen molar-refractivity contribution in [3.63, 3.8) is 0 Å². The van der Waals surface area contributed by atoms with E-state index in [1.807, 2.05) is 0 Å². The molecule has 1 heterocycles. The van der Waals surface area contributed by atoms with E-state index in [1.165, 1.54) is 11.8 Å². The topological polar surface area (TPSA) is 83.6 Å². The van der Waals surface area contributed by atoms with E-state index in [0.717, 1.165) is 0 Å². The number of β-amino-alcohol motifs (C(OH)–C–C–N with tert-alkyl or cyclic N) is 1. The van der Waals surface area contributed by atoms with Crippen molar-refractivity contribution in [1.29, 1.82) is 0 Å². The molecule has 1 rings (SSSR count).